The second-order valence-electron chi connectivity index (χ2n) is 4.39. The zero-order valence-electron chi connectivity index (χ0n) is 12.0. The van der Waals surface area contributed by atoms with E-state index < -0.39 is 0 Å². The largest absolute Gasteiger partial charge is 0.465 e. The van der Waals surface area contributed by atoms with Crippen molar-refractivity contribution in [2.24, 2.45) is 0 Å². The Kier molecular flexibility index (Phi) is 6.02. The number of nitrogen functional groups attached to an aromatic ring is 1. The van der Waals surface area contributed by atoms with Gasteiger partial charge in [0.1, 0.15) is 0 Å². The fourth-order valence-corrected chi connectivity index (χ4v) is 2.83. The van der Waals surface area contributed by atoms with Crippen LogP contribution in [0.1, 0.15) is 23.7 Å². The van der Waals surface area contributed by atoms with Gasteiger partial charge in [0.15, 0.2) is 0 Å². The van der Waals surface area contributed by atoms with Crippen LogP contribution >= 0.6 is 11.8 Å². The lowest BCUT2D eigenvalue weighted by molar-refractivity contribution is 0.0601. The van der Waals surface area contributed by atoms with Gasteiger partial charge in [-0.05, 0) is 30.9 Å². The summed E-state index contributed by atoms with van der Waals surface area (Å²) in [6, 6.07) is 5.63. The summed E-state index contributed by atoms with van der Waals surface area (Å²) in [5.41, 5.74) is 8.10. The van der Waals surface area contributed by atoms with Crippen molar-refractivity contribution in [3.8, 4) is 0 Å². The minimum atomic E-state index is -0.340. The quantitative estimate of drug-likeness (QED) is 0.642. The predicted molar refractivity (Wildman–Crippen MR) is 83.1 cm³/mol. The molecule has 0 spiro atoms. The van der Waals surface area contributed by atoms with Crippen LogP contribution in [0.4, 0.5) is 11.4 Å². The van der Waals surface area contributed by atoms with Gasteiger partial charge in [0.05, 0.1) is 24.0 Å². The number of hydrogen-bond acceptors (Lipinski definition) is 5. The highest BCUT2D eigenvalue weighted by Crippen LogP contribution is 2.27. The van der Waals surface area contributed by atoms with Gasteiger partial charge in [0, 0.05) is 18.8 Å². The molecule has 106 valence electrons. The molecule has 19 heavy (non-hydrogen) atoms. The van der Waals surface area contributed by atoms with Crippen molar-refractivity contribution < 1.29 is 9.53 Å². The molecule has 5 heteroatoms. The van der Waals surface area contributed by atoms with Crippen molar-refractivity contribution >= 4 is 29.1 Å². The number of hydrogen-bond donors (Lipinski definition) is 1. The summed E-state index contributed by atoms with van der Waals surface area (Å²) in [4.78, 5) is 13.7. The van der Waals surface area contributed by atoms with E-state index in [1.54, 1.807) is 30.0 Å². The van der Waals surface area contributed by atoms with Gasteiger partial charge in [-0.1, -0.05) is 6.92 Å². The van der Waals surface area contributed by atoms with E-state index in [0.29, 0.717) is 17.3 Å². The van der Waals surface area contributed by atoms with Crippen LogP contribution in [-0.2, 0) is 4.74 Å². The van der Waals surface area contributed by atoms with Crippen LogP contribution in [0.2, 0.25) is 0 Å². The molecule has 4 nitrogen and oxygen atoms in total. The molecule has 0 aliphatic carbocycles. The summed E-state index contributed by atoms with van der Waals surface area (Å²) in [5.74, 6) is 0.682. The highest BCUT2D eigenvalue weighted by atomic mass is 32.2. The maximum Gasteiger partial charge on any atom is 0.337 e. The first-order valence-corrected chi connectivity index (χ1v) is 7.64. The van der Waals surface area contributed by atoms with Gasteiger partial charge in [0.2, 0.25) is 0 Å². The normalized spacial score (nSPS) is 12.0. The van der Waals surface area contributed by atoms with Crippen LogP contribution in [0.3, 0.4) is 0 Å². The predicted octanol–water partition coefficient (Wildman–Crippen LogP) is 2.63. The zero-order chi connectivity index (χ0) is 14.4. The molecule has 0 amide bonds. The molecule has 1 aromatic carbocycles. The average Bonchev–Trinajstić information content (AvgIpc) is 2.43. The van der Waals surface area contributed by atoms with E-state index in [2.05, 4.69) is 18.1 Å². The molecular formula is C14H22N2O2S. The fraction of sp³-hybridized carbons (Fsp3) is 0.500. The van der Waals surface area contributed by atoms with Gasteiger partial charge >= 0.3 is 5.97 Å². The van der Waals surface area contributed by atoms with E-state index in [1.165, 1.54) is 7.11 Å². The number of esters is 1. The molecule has 0 radical (unpaired) electrons. The highest BCUT2D eigenvalue weighted by Gasteiger charge is 2.17. The van der Waals surface area contributed by atoms with Crippen molar-refractivity contribution in [1.82, 2.24) is 0 Å². The Bertz CT molecular complexity index is 437. The van der Waals surface area contributed by atoms with Crippen molar-refractivity contribution in [3.05, 3.63) is 23.8 Å². The lowest BCUT2D eigenvalue weighted by Crippen LogP contribution is -2.33. The first-order valence-electron chi connectivity index (χ1n) is 6.24. The molecule has 1 rings (SSSR count). The molecule has 1 unspecified atom stereocenters. The lowest BCUT2D eigenvalue weighted by Gasteiger charge is -2.30. The summed E-state index contributed by atoms with van der Waals surface area (Å²) >= 11 is 1.80. The molecule has 0 aliphatic rings. The maximum atomic E-state index is 11.6. The van der Waals surface area contributed by atoms with E-state index in [-0.39, 0.29) is 5.97 Å². The Morgan fingerprint density at radius 3 is 2.74 bits per heavy atom. The Morgan fingerprint density at radius 2 is 2.21 bits per heavy atom. The third-order valence-corrected chi connectivity index (χ3v) is 3.93. The molecule has 2 N–H and O–H groups in total. The summed E-state index contributed by atoms with van der Waals surface area (Å²) in [6.07, 6.45) is 3.12. The van der Waals surface area contributed by atoms with Gasteiger partial charge in [-0.25, -0.2) is 4.79 Å². The van der Waals surface area contributed by atoms with Crippen LogP contribution in [0.5, 0.6) is 0 Å². The molecule has 1 atom stereocenters. The molecule has 0 aromatic heterocycles. The monoisotopic (exact) mass is 282 g/mol. The van der Waals surface area contributed by atoms with Crippen molar-refractivity contribution in [2.45, 2.75) is 19.4 Å². The van der Waals surface area contributed by atoms with E-state index >= 15 is 0 Å². The maximum absolute atomic E-state index is 11.6. The van der Waals surface area contributed by atoms with E-state index in [9.17, 15) is 4.79 Å². The first-order chi connectivity index (χ1) is 9.04. The van der Waals surface area contributed by atoms with E-state index in [4.69, 9.17) is 10.5 Å². The van der Waals surface area contributed by atoms with Gasteiger partial charge in [0.25, 0.3) is 0 Å². The molecular weight excluding hydrogens is 260 g/mol. The molecule has 0 fully saturated rings. The first kappa shape index (κ1) is 15.7. The van der Waals surface area contributed by atoms with Gasteiger partial charge in [-0.3, -0.25) is 0 Å². The number of ether oxygens (including phenoxy) is 1. The minimum Gasteiger partial charge on any atom is -0.465 e. The smallest absolute Gasteiger partial charge is 0.337 e. The second-order valence-corrected chi connectivity index (χ2v) is 5.30. The summed E-state index contributed by atoms with van der Waals surface area (Å²) < 4.78 is 4.74. The lowest BCUT2D eigenvalue weighted by atomic mass is 10.1. The molecule has 1 aromatic rings. The number of benzene rings is 1. The van der Waals surface area contributed by atoms with Crippen LogP contribution in [0, 0.1) is 0 Å². The molecule has 0 heterocycles. The molecule has 0 saturated heterocycles. The molecule has 0 aliphatic heterocycles. The van der Waals surface area contributed by atoms with Crippen LogP contribution in [-0.4, -0.2) is 38.2 Å². The number of carbonyl (C=O) groups excluding carboxylic acids is 1. The Hall–Kier alpha value is -1.36. The number of nitrogens with two attached hydrogens (primary N) is 1. The second kappa shape index (κ2) is 7.28. The Balaban J connectivity index is 3.06. The summed E-state index contributed by atoms with van der Waals surface area (Å²) in [5, 5.41) is 0. The average molecular weight is 282 g/mol. The van der Waals surface area contributed by atoms with Crippen molar-refractivity contribution in [1.29, 1.82) is 0 Å². The van der Waals surface area contributed by atoms with Crippen molar-refractivity contribution in [3.63, 3.8) is 0 Å². The van der Waals surface area contributed by atoms with Crippen LogP contribution in [0.25, 0.3) is 0 Å². The third kappa shape index (κ3) is 3.80. The van der Waals surface area contributed by atoms with Gasteiger partial charge < -0.3 is 15.4 Å². The topological polar surface area (TPSA) is 55.6 Å². The SMILES string of the molecule is CCC(CSC)N(C)c1cc(C(=O)OC)ccc1N. The third-order valence-electron chi connectivity index (χ3n) is 3.21. The van der Waals surface area contributed by atoms with Gasteiger partial charge in [-0.2, -0.15) is 11.8 Å². The number of rotatable bonds is 6. The number of thioether (sulfide) groups is 1. The zero-order valence-corrected chi connectivity index (χ0v) is 12.8. The summed E-state index contributed by atoms with van der Waals surface area (Å²) in [6.45, 7) is 2.15. The van der Waals surface area contributed by atoms with E-state index in [1.807, 2.05) is 7.05 Å². The standard InChI is InChI=1S/C14H22N2O2S/c1-5-11(9-19-4)16(2)13-8-10(14(17)18-3)6-7-12(13)15/h6-8,11H,5,9,15H2,1-4H3. The Labute approximate surface area is 119 Å². The number of carbonyl (C=O) groups is 1. The summed E-state index contributed by atoms with van der Waals surface area (Å²) in [7, 11) is 3.39. The van der Waals surface area contributed by atoms with Crippen LogP contribution < -0.4 is 10.6 Å². The van der Waals surface area contributed by atoms with E-state index in [0.717, 1.165) is 17.9 Å². The molecule has 0 bridgehead atoms. The number of anilines is 2. The van der Waals surface area contributed by atoms with Crippen LogP contribution in [0.15, 0.2) is 18.2 Å². The highest BCUT2D eigenvalue weighted by molar-refractivity contribution is 7.98. The minimum absolute atomic E-state index is 0.340. The molecule has 0 saturated carbocycles. The number of methoxy groups -OCH3 is 1. The fourth-order valence-electron chi connectivity index (χ4n) is 1.99. The number of nitrogens with zero attached hydrogens (tertiary/aromatic N) is 1. The van der Waals surface area contributed by atoms with Crippen molar-refractivity contribution in [2.75, 3.05) is 36.8 Å². The van der Waals surface area contributed by atoms with Gasteiger partial charge in [-0.15, -0.1) is 0 Å². The Morgan fingerprint density at radius 1 is 1.53 bits per heavy atom.